The molecule has 1 aromatic rings. The Labute approximate surface area is 136 Å². The third kappa shape index (κ3) is 2.94. The van der Waals surface area contributed by atoms with Gasteiger partial charge in [0.15, 0.2) is 0 Å². The van der Waals surface area contributed by atoms with Gasteiger partial charge in [-0.25, -0.2) is 8.42 Å². The highest BCUT2D eigenvalue weighted by molar-refractivity contribution is 7.89. The minimum Gasteiger partial charge on any atom is -0.314 e. The lowest BCUT2D eigenvalue weighted by molar-refractivity contribution is 0.220. The van der Waals surface area contributed by atoms with E-state index in [1.165, 1.54) is 4.31 Å². The van der Waals surface area contributed by atoms with Crippen LogP contribution in [-0.2, 0) is 10.0 Å². The second kappa shape index (κ2) is 6.05. The molecule has 0 spiro atoms. The van der Waals surface area contributed by atoms with Crippen LogP contribution in [-0.4, -0.2) is 37.9 Å². The molecule has 1 aliphatic heterocycles. The van der Waals surface area contributed by atoms with Gasteiger partial charge in [0, 0.05) is 30.2 Å². The van der Waals surface area contributed by atoms with Crippen molar-refractivity contribution in [3.63, 3.8) is 0 Å². The summed E-state index contributed by atoms with van der Waals surface area (Å²) in [7, 11) is -3.69. The number of nitrogens with zero attached hydrogens (tertiary/aromatic N) is 1. The zero-order chi connectivity index (χ0) is 15.9. The molecule has 0 radical (unpaired) electrons. The average Bonchev–Trinajstić information content (AvgIpc) is 2.36. The molecule has 4 nitrogen and oxygen atoms in total. The fourth-order valence-corrected chi connectivity index (χ4v) is 5.81. The molecule has 1 aromatic carbocycles. The van der Waals surface area contributed by atoms with Crippen LogP contribution in [0, 0.1) is 13.8 Å². The van der Waals surface area contributed by atoms with Crippen LogP contribution in [0.25, 0.3) is 0 Å². The number of rotatable bonds is 2. The van der Waals surface area contributed by atoms with Gasteiger partial charge in [0.25, 0.3) is 0 Å². The Morgan fingerprint density at radius 1 is 1.19 bits per heavy atom. The molecule has 118 valence electrons. The highest BCUT2D eigenvalue weighted by atomic mass is 35.5. The number of benzene rings is 1. The van der Waals surface area contributed by atoms with Gasteiger partial charge in [-0.2, -0.15) is 4.31 Å². The monoisotopic (exact) mass is 350 g/mol. The summed E-state index contributed by atoms with van der Waals surface area (Å²) in [5.74, 6) is 0. The van der Waals surface area contributed by atoms with Gasteiger partial charge in [-0.05, 0) is 44.9 Å². The summed E-state index contributed by atoms with van der Waals surface area (Å²) >= 11 is 12.4. The Bertz CT molecular complexity index is 625. The summed E-state index contributed by atoms with van der Waals surface area (Å²) in [5.41, 5.74) is 1.17. The summed E-state index contributed by atoms with van der Waals surface area (Å²) in [6.07, 6.45) is 0. The fraction of sp³-hybridized carbons (Fsp3) is 0.571. The number of hydrogen-bond donors (Lipinski definition) is 1. The van der Waals surface area contributed by atoms with Crippen LogP contribution in [0.15, 0.2) is 11.0 Å². The van der Waals surface area contributed by atoms with Crippen LogP contribution in [0.1, 0.15) is 25.0 Å². The van der Waals surface area contributed by atoms with Crippen LogP contribution in [0.3, 0.4) is 0 Å². The Balaban J connectivity index is 2.64. The third-order valence-electron chi connectivity index (χ3n) is 3.87. The van der Waals surface area contributed by atoms with Gasteiger partial charge in [0.05, 0.1) is 5.02 Å². The maximum atomic E-state index is 13.1. The lowest BCUT2D eigenvalue weighted by Gasteiger charge is -2.38. The minimum absolute atomic E-state index is 0.131. The van der Waals surface area contributed by atoms with E-state index in [1.807, 2.05) is 13.8 Å². The van der Waals surface area contributed by atoms with Crippen LogP contribution in [0.5, 0.6) is 0 Å². The molecule has 1 N–H and O–H groups in total. The summed E-state index contributed by atoms with van der Waals surface area (Å²) in [4.78, 5) is 0.134. The molecule has 0 aromatic heterocycles. The van der Waals surface area contributed by atoms with E-state index in [0.717, 1.165) is 0 Å². The van der Waals surface area contributed by atoms with Crippen molar-refractivity contribution < 1.29 is 8.42 Å². The van der Waals surface area contributed by atoms with E-state index in [4.69, 9.17) is 23.2 Å². The molecule has 0 aliphatic carbocycles. The number of hydrogen-bond acceptors (Lipinski definition) is 3. The molecular weight excluding hydrogens is 331 g/mol. The van der Waals surface area contributed by atoms with Crippen molar-refractivity contribution in [2.75, 3.05) is 13.1 Å². The topological polar surface area (TPSA) is 49.4 Å². The van der Waals surface area contributed by atoms with E-state index in [-0.39, 0.29) is 22.0 Å². The molecule has 0 bridgehead atoms. The first kappa shape index (κ1) is 17.0. The number of nitrogens with one attached hydrogen (secondary N) is 1. The highest BCUT2D eigenvalue weighted by Gasteiger charge is 2.38. The number of sulfonamides is 1. The first-order valence-electron chi connectivity index (χ1n) is 6.87. The predicted octanol–water partition coefficient (Wildman–Crippen LogP) is 2.98. The van der Waals surface area contributed by atoms with E-state index in [1.54, 1.807) is 19.9 Å². The Hall–Kier alpha value is -0.330. The number of aryl methyl sites for hydroxylation is 1. The zero-order valence-electron chi connectivity index (χ0n) is 12.6. The van der Waals surface area contributed by atoms with Crippen LogP contribution >= 0.6 is 23.2 Å². The molecule has 2 atom stereocenters. The molecule has 1 heterocycles. The van der Waals surface area contributed by atoms with Gasteiger partial charge < -0.3 is 5.32 Å². The average molecular weight is 351 g/mol. The molecule has 1 aliphatic rings. The summed E-state index contributed by atoms with van der Waals surface area (Å²) in [6.45, 7) is 8.48. The van der Waals surface area contributed by atoms with Crippen molar-refractivity contribution >= 4 is 33.2 Å². The molecule has 2 rings (SSSR count). The fourth-order valence-electron chi connectivity index (χ4n) is 2.82. The normalized spacial score (nSPS) is 24.3. The van der Waals surface area contributed by atoms with E-state index < -0.39 is 10.0 Å². The van der Waals surface area contributed by atoms with Gasteiger partial charge in [0.2, 0.25) is 10.0 Å². The molecule has 1 fully saturated rings. The highest BCUT2D eigenvalue weighted by Crippen LogP contribution is 2.36. The zero-order valence-corrected chi connectivity index (χ0v) is 14.9. The van der Waals surface area contributed by atoms with Crippen molar-refractivity contribution in [1.29, 1.82) is 0 Å². The first-order valence-corrected chi connectivity index (χ1v) is 9.07. The Morgan fingerprint density at radius 3 is 2.24 bits per heavy atom. The van der Waals surface area contributed by atoms with Gasteiger partial charge in [-0.15, -0.1) is 0 Å². The summed E-state index contributed by atoms with van der Waals surface area (Å²) in [5, 5.41) is 3.91. The Kier molecular flexibility index (Phi) is 4.90. The van der Waals surface area contributed by atoms with Crippen molar-refractivity contribution in [3.8, 4) is 0 Å². The molecule has 7 heteroatoms. The van der Waals surface area contributed by atoms with Gasteiger partial charge in [0.1, 0.15) is 4.90 Å². The van der Waals surface area contributed by atoms with Crippen LogP contribution in [0.2, 0.25) is 10.0 Å². The van der Waals surface area contributed by atoms with Gasteiger partial charge in [-0.3, -0.25) is 0 Å². The lowest BCUT2D eigenvalue weighted by Crippen LogP contribution is -2.57. The maximum Gasteiger partial charge on any atom is 0.245 e. The van der Waals surface area contributed by atoms with Crippen molar-refractivity contribution in [3.05, 3.63) is 27.2 Å². The Morgan fingerprint density at radius 2 is 1.71 bits per heavy atom. The summed E-state index contributed by atoms with van der Waals surface area (Å²) < 4.78 is 27.8. The maximum absolute atomic E-state index is 13.1. The third-order valence-corrected chi connectivity index (χ3v) is 7.16. The van der Waals surface area contributed by atoms with E-state index in [2.05, 4.69) is 5.32 Å². The second-order valence-corrected chi connectivity index (χ2v) is 8.20. The molecular formula is C14H20Cl2N2O2S. The SMILES string of the molecule is Cc1cc(Cl)c(C)c(S(=O)(=O)N2C(C)CNCC2C)c1Cl. The van der Waals surface area contributed by atoms with Crippen LogP contribution in [0.4, 0.5) is 0 Å². The van der Waals surface area contributed by atoms with Crippen LogP contribution < -0.4 is 5.32 Å². The second-order valence-electron chi connectivity index (χ2n) is 5.63. The molecule has 0 saturated carbocycles. The largest absolute Gasteiger partial charge is 0.314 e. The quantitative estimate of drug-likeness (QED) is 0.891. The smallest absolute Gasteiger partial charge is 0.245 e. The minimum atomic E-state index is -3.69. The van der Waals surface area contributed by atoms with Gasteiger partial charge >= 0.3 is 0 Å². The molecule has 21 heavy (non-hydrogen) atoms. The first-order chi connectivity index (χ1) is 9.67. The summed E-state index contributed by atoms with van der Waals surface area (Å²) in [6, 6.07) is 1.44. The van der Waals surface area contributed by atoms with Crippen molar-refractivity contribution in [1.82, 2.24) is 9.62 Å². The standard InChI is InChI=1S/C14H20Cl2N2O2S/c1-8-5-12(15)11(4)14(13(8)16)21(19,20)18-9(2)6-17-7-10(18)3/h5,9-10,17H,6-7H2,1-4H3. The lowest BCUT2D eigenvalue weighted by atomic mass is 10.2. The van der Waals surface area contributed by atoms with Crippen molar-refractivity contribution in [2.45, 2.75) is 44.7 Å². The molecule has 0 amide bonds. The molecule has 2 unspecified atom stereocenters. The van der Waals surface area contributed by atoms with Gasteiger partial charge in [-0.1, -0.05) is 23.2 Å². The molecule has 1 saturated heterocycles. The number of halogens is 2. The van der Waals surface area contributed by atoms with E-state index >= 15 is 0 Å². The number of piperazine rings is 1. The van der Waals surface area contributed by atoms with E-state index in [0.29, 0.717) is 29.2 Å². The predicted molar refractivity (Wildman–Crippen MR) is 86.8 cm³/mol. The van der Waals surface area contributed by atoms with E-state index in [9.17, 15) is 8.42 Å². The van der Waals surface area contributed by atoms with Crippen molar-refractivity contribution in [2.24, 2.45) is 0 Å².